The summed E-state index contributed by atoms with van der Waals surface area (Å²) in [6, 6.07) is 15.1. The van der Waals surface area contributed by atoms with E-state index in [2.05, 4.69) is 5.32 Å². The van der Waals surface area contributed by atoms with Gasteiger partial charge in [-0.1, -0.05) is 30.3 Å². The van der Waals surface area contributed by atoms with Crippen LogP contribution in [0.4, 0.5) is 5.69 Å². The van der Waals surface area contributed by atoms with Gasteiger partial charge in [0.05, 0.1) is 0 Å². The van der Waals surface area contributed by atoms with Gasteiger partial charge < -0.3 is 15.8 Å². The number of benzene rings is 2. The van der Waals surface area contributed by atoms with E-state index in [0.29, 0.717) is 5.75 Å². The second-order valence-electron chi connectivity index (χ2n) is 5.01. The summed E-state index contributed by atoms with van der Waals surface area (Å²) in [7, 11) is 0. The van der Waals surface area contributed by atoms with E-state index in [4.69, 9.17) is 10.5 Å². The summed E-state index contributed by atoms with van der Waals surface area (Å²) in [5.74, 6) is 0.472. The van der Waals surface area contributed by atoms with Crippen molar-refractivity contribution in [2.75, 3.05) is 11.9 Å². The summed E-state index contributed by atoms with van der Waals surface area (Å²) in [4.78, 5) is 11.9. The van der Waals surface area contributed by atoms with Crippen molar-refractivity contribution in [2.24, 2.45) is 5.73 Å². The molecule has 0 fully saturated rings. The molecule has 1 amide bonds. The third-order valence-electron chi connectivity index (χ3n) is 3.19. The standard InChI is InChI=1S/C17H20N2O2/c1-12-5-3-4-6-16(12)19-17(20)11-21-15-9-7-14(8-10-15)13(2)18/h3-10,13H,11,18H2,1-2H3,(H,19,20)/t13-/m1/s1. The van der Waals surface area contributed by atoms with Gasteiger partial charge in [-0.15, -0.1) is 0 Å². The Morgan fingerprint density at radius 1 is 1.19 bits per heavy atom. The molecule has 110 valence electrons. The molecule has 0 radical (unpaired) electrons. The Bertz CT molecular complexity index is 606. The Balaban J connectivity index is 1.88. The molecule has 4 heteroatoms. The lowest BCUT2D eigenvalue weighted by molar-refractivity contribution is -0.118. The fourth-order valence-corrected chi connectivity index (χ4v) is 1.92. The molecule has 0 saturated heterocycles. The van der Waals surface area contributed by atoms with Gasteiger partial charge in [0.1, 0.15) is 5.75 Å². The minimum atomic E-state index is -0.180. The van der Waals surface area contributed by atoms with E-state index in [1.807, 2.05) is 62.4 Å². The second-order valence-corrected chi connectivity index (χ2v) is 5.01. The molecule has 0 unspecified atom stereocenters. The first-order chi connectivity index (χ1) is 10.1. The summed E-state index contributed by atoms with van der Waals surface area (Å²) in [5.41, 5.74) is 8.64. The highest BCUT2D eigenvalue weighted by molar-refractivity contribution is 5.92. The molecular weight excluding hydrogens is 264 g/mol. The Morgan fingerprint density at radius 2 is 1.86 bits per heavy atom. The van der Waals surface area contributed by atoms with E-state index in [1.54, 1.807) is 0 Å². The maximum Gasteiger partial charge on any atom is 0.262 e. The molecule has 4 nitrogen and oxygen atoms in total. The van der Waals surface area contributed by atoms with Gasteiger partial charge in [0.2, 0.25) is 0 Å². The lowest BCUT2D eigenvalue weighted by Crippen LogP contribution is -2.20. The Labute approximate surface area is 124 Å². The molecular formula is C17H20N2O2. The van der Waals surface area contributed by atoms with Crippen LogP contribution in [0.25, 0.3) is 0 Å². The van der Waals surface area contributed by atoms with Gasteiger partial charge in [-0.05, 0) is 43.2 Å². The molecule has 0 aliphatic rings. The lowest BCUT2D eigenvalue weighted by Gasteiger charge is -2.10. The highest BCUT2D eigenvalue weighted by Gasteiger charge is 2.06. The number of hydrogen-bond acceptors (Lipinski definition) is 3. The fourth-order valence-electron chi connectivity index (χ4n) is 1.92. The van der Waals surface area contributed by atoms with Crippen LogP contribution in [0.2, 0.25) is 0 Å². The summed E-state index contributed by atoms with van der Waals surface area (Å²) in [6.07, 6.45) is 0. The van der Waals surface area contributed by atoms with E-state index in [0.717, 1.165) is 16.8 Å². The van der Waals surface area contributed by atoms with Gasteiger partial charge in [0, 0.05) is 11.7 Å². The van der Waals surface area contributed by atoms with Gasteiger partial charge in [0.15, 0.2) is 6.61 Å². The lowest BCUT2D eigenvalue weighted by atomic mass is 10.1. The molecule has 2 aromatic carbocycles. The van der Waals surface area contributed by atoms with Crippen LogP contribution in [-0.4, -0.2) is 12.5 Å². The van der Waals surface area contributed by atoms with Gasteiger partial charge >= 0.3 is 0 Å². The topological polar surface area (TPSA) is 64.3 Å². The zero-order chi connectivity index (χ0) is 15.2. The van der Waals surface area contributed by atoms with Crippen molar-refractivity contribution >= 4 is 11.6 Å². The number of rotatable bonds is 5. The molecule has 21 heavy (non-hydrogen) atoms. The molecule has 0 aromatic heterocycles. The smallest absolute Gasteiger partial charge is 0.262 e. The van der Waals surface area contributed by atoms with Gasteiger partial charge in [0.25, 0.3) is 5.91 Å². The quantitative estimate of drug-likeness (QED) is 0.887. The third kappa shape index (κ3) is 4.33. The normalized spacial score (nSPS) is 11.8. The van der Waals surface area contributed by atoms with E-state index in [9.17, 15) is 4.79 Å². The van der Waals surface area contributed by atoms with E-state index in [-0.39, 0.29) is 18.6 Å². The van der Waals surface area contributed by atoms with E-state index < -0.39 is 0 Å². The minimum absolute atomic E-state index is 0.0107. The highest BCUT2D eigenvalue weighted by Crippen LogP contribution is 2.16. The van der Waals surface area contributed by atoms with Crippen molar-refractivity contribution in [3.63, 3.8) is 0 Å². The molecule has 0 aliphatic carbocycles. The first-order valence-electron chi connectivity index (χ1n) is 6.90. The largest absolute Gasteiger partial charge is 0.484 e. The number of nitrogens with one attached hydrogen (secondary N) is 1. The zero-order valence-corrected chi connectivity index (χ0v) is 12.3. The molecule has 0 bridgehead atoms. The van der Waals surface area contributed by atoms with Crippen molar-refractivity contribution in [3.05, 3.63) is 59.7 Å². The number of carbonyl (C=O) groups excluding carboxylic acids is 1. The third-order valence-corrected chi connectivity index (χ3v) is 3.19. The molecule has 2 aromatic rings. The number of anilines is 1. The molecule has 0 spiro atoms. The van der Waals surface area contributed by atoms with Crippen LogP contribution in [0, 0.1) is 6.92 Å². The molecule has 2 rings (SSSR count). The zero-order valence-electron chi connectivity index (χ0n) is 12.3. The molecule has 1 atom stereocenters. The molecule has 0 heterocycles. The first-order valence-corrected chi connectivity index (χ1v) is 6.90. The van der Waals surface area contributed by atoms with Crippen LogP contribution in [0.5, 0.6) is 5.75 Å². The maximum atomic E-state index is 11.9. The maximum absolute atomic E-state index is 11.9. The number of aryl methyl sites for hydroxylation is 1. The van der Waals surface area contributed by atoms with E-state index >= 15 is 0 Å². The highest BCUT2D eigenvalue weighted by atomic mass is 16.5. The van der Waals surface area contributed by atoms with Crippen molar-refractivity contribution in [1.29, 1.82) is 0 Å². The summed E-state index contributed by atoms with van der Waals surface area (Å²) < 4.78 is 5.46. The molecule has 3 N–H and O–H groups in total. The molecule has 0 aliphatic heterocycles. The van der Waals surface area contributed by atoms with E-state index in [1.165, 1.54) is 0 Å². The summed E-state index contributed by atoms with van der Waals surface area (Å²) >= 11 is 0. The van der Waals surface area contributed by atoms with Crippen LogP contribution in [0.15, 0.2) is 48.5 Å². The fraction of sp³-hybridized carbons (Fsp3) is 0.235. The van der Waals surface area contributed by atoms with Crippen molar-refractivity contribution in [3.8, 4) is 5.75 Å². The monoisotopic (exact) mass is 284 g/mol. The van der Waals surface area contributed by atoms with Crippen LogP contribution < -0.4 is 15.8 Å². The van der Waals surface area contributed by atoms with Crippen LogP contribution in [-0.2, 0) is 4.79 Å². The van der Waals surface area contributed by atoms with Gasteiger partial charge in [-0.2, -0.15) is 0 Å². The second kappa shape index (κ2) is 6.90. The predicted molar refractivity (Wildman–Crippen MR) is 84.3 cm³/mol. The number of carbonyl (C=O) groups is 1. The average Bonchev–Trinajstić information content (AvgIpc) is 2.48. The average molecular weight is 284 g/mol. The summed E-state index contributed by atoms with van der Waals surface area (Å²) in [5, 5.41) is 2.83. The van der Waals surface area contributed by atoms with Crippen molar-refractivity contribution in [2.45, 2.75) is 19.9 Å². The number of hydrogen-bond donors (Lipinski definition) is 2. The molecule has 0 saturated carbocycles. The SMILES string of the molecule is Cc1ccccc1NC(=O)COc1ccc([C@@H](C)N)cc1. The number of nitrogens with two attached hydrogens (primary N) is 1. The minimum Gasteiger partial charge on any atom is -0.484 e. The predicted octanol–water partition coefficient (Wildman–Crippen LogP) is 3.03. The number of ether oxygens (including phenoxy) is 1. The Morgan fingerprint density at radius 3 is 2.48 bits per heavy atom. The Hall–Kier alpha value is -2.33. The first kappa shape index (κ1) is 15.1. The van der Waals surface area contributed by atoms with Crippen LogP contribution in [0.3, 0.4) is 0 Å². The van der Waals surface area contributed by atoms with Crippen molar-refractivity contribution in [1.82, 2.24) is 0 Å². The van der Waals surface area contributed by atoms with Gasteiger partial charge in [-0.25, -0.2) is 0 Å². The number of amides is 1. The summed E-state index contributed by atoms with van der Waals surface area (Å²) in [6.45, 7) is 3.85. The van der Waals surface area contributed by atoms with Gasteiger partial charge in [-0.3, -0.25) is 4.79 Å². The van der Waals surface area contributed by atoms with Crippen molar-refractivity contribution < 1.29 is 9.53 Å². The number of para-hydroxylation sites is 1. The van der Waals surface area contributed by atoms with Crippen LogP contribution in [0.1, 0.15) is 24.1 Å². The Kier molecular flexibility index (Phi) is 4.95. The van der Waals surface area contributed by atoms with Crippen LogP contribution >= 0.6 is 0 Å².